The lowest BCUT2D eigenvalue weighted by atomic mass is 10.1. The van der Waals surface area contributed by atoms with Crippen molar-refractivity contribution in [2.75, 3.05) is 11.9 Å². The van der Waals surface area contributed by atoms with Crippen LogP contribution in [0.3, 0.4) is 0 Å². The fourth-order valence-corrected chi connectivity index (χ4v) is 1.44. The summed E-state index contributed by atoms with van der Waals surface area (Å²) >= 11 is 0. The molecule has 0 aliphatic rings. The van der Waals surface area contributed by atoms with Crippen LogP contribution in [-0.4, -0.2) is 23.8 Å². The predicted molar refractivity (Wildman–Crippen MR) is 61.6 cm³/mol. The number of hydrogen-bond donors (Lipinski definition) is 2. The van der Waals surface area contributed by atoms with Crippen molar-refractivity contribution in [2.45, 2.75) is 13.1 Å². The van der Waals surface area contributed by atoms with Crippen molar-refractivity contribution in [3.05, 3.63) is 29.3 Å². The van der Waals surface area contributed by atoms with Gasteiger partial charge in [-0.15, -0.1) is 0 Å². The quantitative estimate of drug-likeness (QED) is 0.883. The molecule has 0 radical (unpaired) electrons. The Morgan fingerprint density at radius 2 is 2.16 bits per heavy atom. The van der Waals surface area contributed by atoms with Gasteiger partial charge in [-0.2, -0.15) is 18.4 Å². The van der Waals surface area contributed by atoms with Crippen molar-refractivity contribution >= 4 is 11.7 Å². The van der Waals surface area contributed by atoms with Gasteiger partial charge in [-0.3, -0.25) is 4.79 Å². The summed E-state index contributed by atoms with van der Waals surface area (Å²) in [6.45, 7) is 0.863. The number of hydrogen-bond acceptors (Lipinski definition) is 3. The molecular weight excluding hydrogens is 261 g/mol. The number of nitriles is 1. The molecule has 1 aromatic rings. The Balaban J connectivity index is 2.86. The van der Waals surface area contributed by atoms with Crippen molar-refractivity contribution in [2.24, 2.45) is 5.92 Å². The van der Waals surface area contributed by atoms with E-state index in [4.69, 9.17) is 10.4 Å². The van der Waals surface area contributed by atoms with Gasteiger partial charge in [0.05, 0.1) is 11.6 Å². The molecule has 1 unspecified atom stereocenters. The minimum absolute atomic E-state index is 0.284. The van der Waals surface area contributed by atoms with Crippen molar-refractivity contribution in [3.63, 3.8) is 0 Å². The summed E-state index contributed by atoms with van der Waals surface area (Å²) in [4.78, 5) is 10.6. The molecule has 1 atom stereocenters. The highest BCUT2D eigenvalue weighted by Gasteiger charge is 2.44. The number of carboxylic acid groups (broad SMARTS) is 1. The van der Waals surface area contributed by atoms with Crippen molar-refractivity contribution in [3.8, 4) is 6.07 Å². The fraction of sp³-hybridized carbons (Fsp3) is 0.333. The monoisotopic (exact) mass is 272 g/mol. The number of anilines is 1. The molecule has 1 aromatic carbocycles. The SMILES string of the molecule is Cc1ccc(C#N)cc1NCC(C(=O)O)C(F)(F)F. The number of carbonyl (C=O) groups is 1. The third-order valence-corrected chi connectivity index (χ3v) is 2.56. The Kier molecular flexibility index (Phi) is 4.38. The zero-order valence-corrected chi connectivity index (χ0v) is 9.95. The molecule has 0 spiro atoms. The number of alkyl halides is 3. The number of aliphatic carboxylic acids is 1. The Morgan fingerprint density at radius 3 is 2.63 bits per heavy atom. The summed E-state index contributed by atoms with van der Waals surface area (Å²) < 4.78 is 37.3. The first-order valence-corrected chi connectivity index (χ1v) is 5.30. The highest BCUT2D eigenvalue weighted by molar-refractivity contribution is 5.72. The predicted octanol–water partition coefficient (Wildman–Crippen LogP) is 2.54. The molecule has 0 amide bonds. The number of halogens is 3. The number of nitrogens with zero attached hydrogens (tertiary/aromatic N) is 1. The Bertz CT molecular complexity index is 521. The van der Waals surface area contributed by atoms with E-state index in [0.717, 1.165) is 0 Å². The van der Waals surface area contributed by atoms with Gasteiger partial charge in [0, 0.05) is 12.2 Å². The highest BCUT2D eigenvalue weighted by Crippen LogP contribution is 2.27. The van der Waals surface area contributed by atoms with Crippen LogP contribution in [0, 0.1) is 24.2 Å². The topological polar surface area (TPSA) is 73.1 Å². The van der Waals surface area contributed by atoms with Gasteiger partial charge >= 0.3 is 12.1 Å². The molecule has 102 valence electrons. The van der Waals surface area contributed by atoms with Gasteiger partial charge in [-0.1, -0.05) is 6.07 Å². The Labute approximate surface area is 107 Å². The van der Waals surface area contributed by atoms with Gasteiger partial charge in [0.15, 0.2) is 5.92 Å². The van der Waals surface area contributed by atoms with Gasteiger partial charge in [-0.25, -0.2) is 0 Å². The molecule has 0 aliphatic carbocycles. The largest absolute Gasteiger partial charge is 0.481 e. The molecule has 0 saturated heterocycles. The molecule has 0 heterocycles. The standard InChI is InChI=1S/C12H11F3N2O2/c1-7-2-3-8(5-16)4-10(7)17-6-9(11(18)19)12(13,14)15/h2-4,9,17H,6H2,1H3,(H,18,19). The summed E-state index contributed by atoms with van der Waals surface area (Å²) in [5, 5.41) is 19.7. The number of aryl methyl sites for hydroxylation is 1. The van der Waals surface area contributed by atoms with Gasteiger partial charge in [0.25, 0.3) is 0 Å². The summed E-state index contributed by atoms with van der Waals surface area (Å²) in [7, 11) is 0. The number of nitrogens with one attached hydrogen (secondary N) is 1. The maximum Gasteiger partial charge on any atom is 0.403 e. The van der Waals surface area contributed by atoms with E-state index in [-0.39, 0.29) is 5.56 Å². The maximum atomic E-state index is 12.4. The minimum Gasteiger partial charge on any atom is -0.481 e. The van der Waals surface area contributed by atoms with Crippen molar-refractivity contribution < 1.29 is 23.1 Å². The van der Waals surface area contributed by atoms with E-state index in [1.54, 1.807) is 13.0 Å². The van der Waals surface area contributed by atoms with Crippen LogP contribution >= 0.6 is 0 Å². The van der Waals surface area contributed by atoms with Crippen LogP contribution in [0.15, 0.2) is 18.2 Å². The first kappa shape index (κ1) is 14.8. The lowest BCUT2D eigenvalue weighted by Gasteiger charge is -2.18. The lowest BCUT2D eigenvalue weighted by Crippen LogP contribution is -2.36. The van der Waals surface area contributed by atoms with E-state index < -0.39 is 24.6 Å². The second kappa shape index (κ2) is 5.61. The molecule has 0 aromatic heterocycles. The molecular formula is C12H11F3N2O2. The number of benzene rings is 1. The molecule has 0 fully saturated rings. The first-order valence-electron chi connectivity index (χ1n) is 5.30. The normalized spacial score (nSPS) is 12.6. The van der Waals surface area contributed by atoms with Crippen LogP contribution in [0.2, 0.25) is 0 Å². The van der Waals surface area contributed by atoms with Crippen LogP contribution in [0.5, 0.6) is 0 Å². The smallest absolute Gasteiger partial charge is 0.403 e. The Morgan fingerprint density at radius 1 is 1.53 bits per heavy atom. The minimum atomic E-state index is -4.82. The molecule has 1 rings (SSSR count). The molecule has 4 nitrogen and oxygen atoms in total. The third-order valence-electron chi connectivity index (χ3n) is 2.56. The van der Waals surface area contributed by atoms with Crippen LogP contribution < -0.4 is 5.32 Å². The van der Waals surface area contributed by atoms with Crippen LogP contribution in [0.25, 0.3) is 0 Å². The zero-order valence-electron chi connectivity index (χ0n) is 9.95. The average Bonchev–Trinajstić information content (AvgIpc) is 2.29. The molecule has 0 saturated carbocycles. The van der Waals surface area contributed by atoms with Crippen LogP contribution in [0.1, 0.15) is 11.1 Å². The zero-order chi connectivity index (χ0) is 14.6. The number of rotatable bonds is 4. The second-order valence-corrected chi connectivity index (χ2v) is 3.95. The Hall–Kier alpha value is -2.23. The van der Waals surface area contributed by atoms with Gasteiger partial charge in [0.1, 0.15) is 0 Å². The van der Waals surface area contributed by atoms with E-state index in [2.05, 4.69) is 5.32 Å². The van der Waals surface area contributed by atoms with E-state index in [9.17, 15) is 18.0 Å². The van der Waals surface area contributed by atoms with E-state index >= 15 is 0 Å². The summed E-state index contributed by atoms with van der Waals surface area (Å²) in [5.74, 6) is -4.42. The van der Waals surface area contributed by atoms with E-state index in [0.29, 0.717) is 11.3 Å². The molecule has 19 heavy (non-hydrogen) atoms. The summed E-state index contributed by atoms with van der Waals surface area (Å²) in [6, 6.07) is 6.34. The highest BCUT2D eigenvalue weighted by atomic mass is 19.4. The van der Waals surface area contributed by atoms with E-state index in [1.807, 2.05) is 6.07 Å². The fourth-order valence-electron chi connectivity index (χ4n) is 1.44. The van der Waals surface area contributed by atoms with Gasteiger partial charge < -0.3 is 10.4 Å². The van der Waals surface area contributed by atoms with Gasteiger partial charge in [0.2, 0.25) is 0 Å². The second-order valence-electron chi connectivity index (χ2n) is 3.95. The van der Waals surface area contributed by atoms with Gasteiger partial charge in [-0.05, 0) is 24.6 Å². The summed E-state index contributed by atoms with van der Waals surface area (Å²) in [5.41, 5.74) is 1.23. The molecule has 2 N–H and O–H groups in total. The third kappa shape index (κ3) is 3.88. The van der Waals surface area contributed by atoms with Crippen molar-refractivity contribution in [1.29, 1.82) is 5.26 Å². The van der Waals surface area contributed by atoms with Crippen LogP contribution in [-0.2, 0) is 4.79 Å². The molecule has 0 aliphatic heterocycles. The first-order chi connectivity index (χ1) is 8.75. The maximum absolute atomic E-state index is 12.4. The average molecular weight is 272 g/mol. The van der Waals surface area contributed by atoms with Crippen molar-refractivity contribution in [1.82, 2.24) is 0 Å². The van der Waals surface area contributed by atoms with Crippen LogP contribution in [0.4, 0.5) is 18.9 Å². The summed E-state index contributed by atoms with van der Waals surface area (Å²) in [6.07, 6.45) is -4.82. The van der Waals surface area contributed by atoms with E-state index in [1.165, 1.54) is 12.1 Å². The lowest BCUT2D eigenvalue weighted by molar-refractivity contribution is -0.190. The molecule has 7 heteroatoms. The molecule has 0 bridgehead atoms. The number of carboxylic acids is 1.